The maximum Gasteiger partial charge on any atom is 0.512 e. The summed E-state index contributed by atoms with van der Waals surface area (Å²) in [5.41, 5.74) is 15.4. The summed E-state index contributed by atoms with van der Waals surface area (Å²) in [7, 11) is 0. The molecule has 9 N–H and O–H groups in total. The average molecular weight is 543 g/mol. The Balaban J connectivity index is -0.0000000574. The van der Waals surface area contributed by atoms with E-state index < -0.39 is 23.9 Å². The highest BCUT2D eigenvalue weighted by atomic mass is 16.4. The van der Waals surface area contributed by atoms with Gasteiger partial charge in [-0.25, -0.2) is 0 Å². The van der Waals surface area contributed by atoms with Gasteiger partial charge in [-0.2, -0.15) is 0 Å². The third-order valence-electron chi connectivity index (χ3n) is 3.15. The Bertz CT molecular complexity index is 380. The molecule has 37 heavy (non-hydrogen) atoms. The summed E-state index contributed by atoms with van der Waals surface area (Å²) in [6.45, 7) is 15.0. The van der Waals surface area contributed by atoms with Crippen molar-refractivity contribution in [1.29, 1.82) is 0 Å². The van der Waals surface area contributed by atoms with Crippen molar-refractivity contribution < 1.29 is 39.6 Å². The van der Waals surface area contributed by atoms with Crippen LogP contribution in [0.3, 0.4) is 0 Å². The Kier molecular flexibility index (Phi) is 82.1. The number of carboxylic acid groups (broad SMARTS) is 3. The highest BCUT2D eigenvalue weighted by molar-refractivity contribution is 5.66. The summed E-state index contributed by atoms with van der Waals surface area (Å²) in [5, 5.41) is 32.5. The molecule has 0 bridgehead atoms. The zero-order valence-electron chi connectivity index (χ0n) is 24.7. The first kappa shape index (κ1) is 51.4. The first-order chi connectivity index (χ1) is 17.2. The summed E-state index contributed by atoms with van der Waals surface area (Å²) >= 11 is 0. The quantitative estimate of drug-likeness (QED) is 0.259. The molecule has 0 saturated heterocycles. The molecule has 0 aromatic rings. The zero-order chi connectivity index (χ0) is 30.9. The molecule has 11 nitrogen and oxygen atoms in total. The van der Waals surface area contributed by atoms with Crippen molar-refractivity contribution in [2.45, 2.75) is 126 Å². The van der Waals surface area contributed by atoms with Crippen LogP contribution in [0.4, 0.5) is 0 Å². The van der Waals surface area contributed by atoms with Crippen LogP contribution >= 0.6 is 0 Å². The second-order valence-corrected chi connectivity index (χ2v) is 7.45. The lowest BCUT2D eigenvalue weighted by Crippen LogP contribution is -2.21. The van der Waals surface area contributed by atoms with Gasteiger partial charge in [-0.15, -0.1) is 0 Å². The minimum atomic E-state index is -1.08. The van der Waals surface area contributed by atoms with Gasteiger partial charge in [-0.1, -0.05) is 66.7 Å². The molecule has 0 unspecified atom stereocenters. The van der Waals surface area contributed by atoms with Crippen LogP contribution in [-0.2, 0) is 19.2 Å². The summed E-state index contributed by atoms with van der Waals surface area (Å²) in [6, 6.07) is 0. The maximum atomic E-state index is 9.76. The van der Waals surface area contributed by atoms with Gasteiger partial charge in [0.15, 0.2) is 0 Å². The summed E-state index contributed by atoms with van der Waals surface area (Å²) < 4.78 is 0. The van der Waals surface area contributed by atoms with Crippen molar-refractivity contribution in [3.8, 4) is 0 Å². The number of aliphatic carboxylic acids is 3. The van der Waals surface area contributed by atoms with Gasteiger partial charge < -0.3 is 47.2 Å². The van der Waals surface area contributed by atoms with E-state index >= 15 is 0 Å². The van der Waals surface area contributed by atoms with E-state index in [1.807, 2.05) is 13.8 Å². The molecule has 0 aliphatic carbocycles. The van der Waals surface area contributed by atoms with Gasteiger partial charge in [0.05, 0.1) is 6.92 Å². The number of carbonyl (C=O) groups excluding carboxylic acids is 3. The molecule has 0 atom stereocenters. The zero-order valence-corrected chi connectivity index (χ0v) is 24.7. The molecule has 0 amide bonds. The van der Waals surface area contributed by atoms with Crippen molar-refractivity contribution in [2.75, 3.05) is 19.6 Å². The lowest BCUT2D eigenvalue weighted by Gasteiger charge is -1.95. The molecule has 0 spiro atoms. The van der Waals surface area contributed by atoms with E-state index in [4.69, 9.17) is 42.1 Å². The van der Waals surface area contributed by atoms with Crippen molar-refractivity contribution in [3.63, 3.8) is 0 Å². The minimum Gasteiger partial charge on any atom is -0.565 e. The van der Waals surface area contributed by atoms with E-state index in [2.05, 4.69) is 20.8 Å². The van der Waals surface area contributed by atoms with Gasteiger partial charge in [0.2, 0.25) is 0 Å². The normalized spacial score (nSPS) is 8.05. The first-order valence-corrected chi connectivity index (χ1v) is 13.2. The molecule has 0 heterocycles. The van der Waals surface area contributed by atoms with E-state index in [1.54, 1.807) is 0 Å². The van der Waals surface area contributed by atoms with Crippen LogP contribution in [0.2, 0.25) is 0 Å². The van der Waals surface area contributed by atoms with Gasteiger partial charge in [0.25, 0.3) is 0 Å². The number of unbranched alkanes of at least 4 members (excludes halogenated alkanes) is 5. The van der Waals surface area contributed by atoms with Gasteiger partial charge >= 0.3 is 11.9 Å². The van der Waals surface area contributed by atoms with Gasteiger partial charge in [0, 0.05) is 23.2 Å². The molecule has 0 saturated carbocycles. The Morgan fingerprint density at radius 3 is 0.892 bits per heavy atom. The van der Waals surface area contributed by atoms with Crippen LogP contribution in [0.5, 0.6) is 0 Å². The fourth-order valence-electron chi connectivity index (χ4n) is 1.26. The Morgan fingerprint density at radius 1 is 0.622 bits per heavy atom. The summed E-state index contributed by atoms with van der Waals surface area (Å²) in [5.74, 6) is -3.30. The van der Waals surface area contributed by atoms with Gasteiger partial charge in [-0.05, 0) is 65.1 Å². The highest BCUT2D eigenvalue weighted by Gasteiger charge is 1.90. The number of nitrogens with two attached hydrogens (primary N) is 3. The number of hydrogen-bond acceptors (Lipinski definition) is 9. The van der Waals surface area contributed by atoms with Crippen LogP contribution in [0, 0.1) is 0 Å². The molecule has 11 heteroatoms. The smallest absolute Gasteiger partial charge is 0.512 e. The monoisotopic (exact) mass is 542 g/mol. The van der Waals surface area contributed by atoms with E-state index in [9.17, 15) is 14.7 Å². The van der Waals surface area contributed by atoms with Crippen molar-refractivity contribution in [1.82, 2.24) is 0 Å². The third kappa shape index (κ3) is 246. The van der Waals surface area contributed by atoms with Crippen LogP contribution in [0.15, 0.2) is 0 Å². The fourth-order valence-corrected chi connectivity index (χ4v) is 1.26. The minimum absolute atomic E-state index is 0.205. The molecule has 0 fully saturated rings. The summed E-state index contributed by atoms with van der Waals surface area (Å²) in [6.07, 6.45) is 11.1. The number of rotatable bonds is 12. The van der Waals surface area contributed by atoms with E-state index in [1.165, 1.54) is 45.4 Å². The van der Waals surface area contributed by atoms with Crippen molar-refractivity contribution in [2.24, 2.45) is 17.2 Å². The second-order valence-electron chi connectivity index (χ2n) is 7.45. The molecule has 0 aliphatic rings. The molecule has 0 radical (unpaired) electrons. The van der Waals surface area contributed by atoms with Crippen LogP contribution in [0.1, 0.15) is 126 Å². The van der Waals surface area contributed by atoms with Gasteiger partial charge in [-0.3, -0.25) is 4.79 Å². The maximum absolute atomic E-state index is 9.76. The topological polar surface area (TPSA) is 236 Å². The number of hydrogen-bond donors (Lipinski definition) is 4. The Morgan fingerprint density at radius 2 is 0.838 bits per heavy atom. The molecule has 0 aromatic heterocycles. The van der Waals surface area contributed by atoms with E-state index in [-0.39, 0.29) is 6.42 Å². The molecular formula is C26H60N3O8-. The molecule has 0 aliphatic heterocycles. The fraction of sp³-hybridized carbons (Fsp3) is 0.846. The molecule has 0 aromatic carbocycles. The predicted octanol–water partition coefficient (Wildman–Crippen LogP) is 1.44. The Hall–Kier alpha value is -2.24. The molecular weight excluding hydrogens is 482 g/mol. The lowest BCUT2D eigenvalue weighted by atomic mass is 10.3. The first-order valence-electron chi connectivity index (χ1n) is 13.2. The highest BCUT2D eigenvalue weighted by Crippen LogP contribution is 1.91. The lowest BCUT2D eigenvalue weighted by molar-refractivity contribution is -0.306. The predicted molar refractivity (Wildman–Crippen MR) is 149 cm³/mol. The van der Waals surface area contributed by atoms with Crippen molar-refractivity contribution >= 4 is 23.9 Å². The largest absolute Gasteiger partial charge is 0.565 e. The van der Waals surface area contributed by atoms with Gasteiger partial charge in [0.1, 0.15) is 0 Å². The second kappa shape index (κ2) is 59.1. The SMILES string of the molecule is CC(=O)[O-].CC(=O)[OH2+].CCCCC(=O)O.CCCCC(=O)[O-].CCCCN.CCCCN.CCCCN. The van der Waals surface area contributed by atoms with Crippen LogP contribution < -0.4 is 27.4 Å². The Labute approximate surface area is 226 Å². The van der Waals surface area contributed by atoms with E-state index in [0.29, 0.717) is 6.42 Å². The standard InChI is InChI=1S/2C5H10O2.3C4H11N.2C2H4O2/c2*1-2-3-4-5(6)7;3*1-2-3-4-5;2*1-2(3)4/h2*2-4H2,1H3,(H,6,7);3*2-5H2,1H3;2*1H3,(H,3,4)/p-1. The van der Waals surface area contributed by atoms with Crippen LogP contribution in [-0.4, -0.2) is 53.7 Å². The van der Waals surface area contributed by atoms with Crippen molar-refractivity contribution in [3.05, 3.63) is 0 Å². The molecule has 0 rings (SSSR count). The molecule has 228 valence electrons. The average Bonchev–Trinajstić information content (AvgIpc) is 2.79. The summed E-state index contributed by atoms with van der Waals surface area (Å²) in [4.78, 5) is 37.4. The third-order valence-corrected chi connectivity index (χ3v) is 3.15. The number of carboxylic acids is 3. The van der Waals surface area contributed by atoms with Crippen LogP contribution in [0.25, 0.3) is 0 Å². The van der Waals surface area contributed by atoms with E-state index in [0.717, 1.165) is 52.2 Å². The number of carbonyl (C=O) groups is 4.